The first-order chi connectivity index (χ1) is 13.3. The number of rotatable bonds is 7. The van der Waals surface area contributed by atoms with E-state index in [2.05, 4.69) is 64.2 Å². The van der Waals surface area contributed by atoms with Gasteiger partial charge < -0.3 is 5.32 Å². The van der Waals surface area contributed by atoms with Crippen LogP contribution in [0.2, 0.25) is 5.02 Å². The van der Waals surface area contributed by atoms with E-state index in [9.17, 15) is 4.79 Å². The van der Waals surface area contributed by atoms with Crippen LogP contribution in [0.1, 0.15) is 44.5 Å². The Morgan fingerprint density at radius 1 is 1.29 bits per heavy atom. The second-order valence-corrected chi connectivity index (χ2v) is 9.18. The van der Waals surface area contributed by atoms with Crippen LogP contribution in [0, 0.1) is 0 Å². The lowest BCUT2D eigenvalue weighted by Crippen LogP contribution is -2.15. The molecule has 0 fully saturated rings. The number of nitrogens with zero attached hydrogens (tertiary/aromatic N) is 4. The second-order valence-electron chi connectivity index (χ2n) is 6.86. The number of thioether (sulfide) groups is 1. The minimum absolute atomic E-state index is 0.155. The number of aromatic nitrogens is 4. The van der Waals surface area contributed by atoms with Gasteiger partial charge in [0.2, 0.25) is 5.91 Å². The Morgan fingerprint density at radius 3 is 2.68 bits per heavy atom. The van der Waals surface area contributed by atoms with E-state index in [-0.39, 0.29) is 17.7 Å². The lowest BCUT2D eigenvalue weighted by Gasteiger charge is -2.13. The molecule has 1 N–H and O–H groups in total. The van der Waals surface area contributed by atoms with Gasteiger partial charge in [0.25, 0.3) is 0 Å². The molecule has 0 saturated heterocycles. The van der Waals surface area contributed by atoms with Gasteiger partial charge in [-0.05, 0) is 38.0 Å². The monoisotopic (exact) mass is 435 g/mol. The van der Waals surface area contributed by atoms with Crippen LogP contribution in [0.3, 0.4) is 0 Å². The number of thiophene rings is 1. The van der Waals surface area contributed by atoms with Crippen molar-refractivity contribution < 1.29 is 4.79 Å². The molecule has 0 radical (unpaired) electrons. The minimum Gasteiger partial charge on any atom is -0.310 e. The smallest absolute Gasteiger partial charge is 0.236 e. The first kappa shape index (κ1) is 20.8. The highest BCUT2D eigenvalue weighted by Gasteiger charge is 2.19. The SMILES string of the molecule is CC(C)c1cc(-c2nnc(SCC(=O)Nc3ccc(Cl)cn3)n2C(C)C)cs1. The summed E-state index contributed by atoms with van der Waals surface area (Å²) in [6.45, 7) is 8.53. The van der Waals surface area contributed by atoms with Gasteiger partial charge in [-0.1, -0.05) is 37.2 Å². The second kappa shape index (κ2) is 9.07. The van der Waals surface area contributed by atoms with Crippen molar-refractivity contribution in [1.29, 1.82) is 0 Å². The van der Waals surface area contributed by atoms with Gasteiger partial charge >= 0.3 is 0 Å². The minimum atomic E-state index is -0.155. The summed E-state index contributed by atoms with van der Waals surface area (Å²) in [7, 11) is 0. The number of anilines is 1. The van der Waals surface area contributed by atoms with E-state index < -0.39 is 0 Å². The third-order valence-electron chi connectivity index (χ3n) is 3.96. The largest absolute Gasteiger partial charge is 0.310 e. The zero-order valence-corrected chi connectivity index (χ0v) is 18.5. The van der Waals surface area contributed by atoms with Gasteiger partial charge in [-0.25, -0.2) is 4.98 Å². The van der Waals surface area contributed by atoms with E-state index in [1.807, 2.05) is 0 Å². The van der Waals surface area contributed by atoms with Crippen molar-refractivity contribution in [2.45, 2.75) is 44.8 Å². The summed E-state index contributed by atoms with van der Waals surface area (Å²) >= 11 is 8.91. The molecule has 0 aliphatic heterocycles. The van der Waals surface area contributed by atoms with Gasteiger partial charge in [0.15, 0.2) is 11.0 Å². The van der Waals surface area contributed by atoms with Crippen molar-refractivity contribution in [3.63, 3.8) is 0 Å². The molecule has 0 spiro atoms. The summed E-state index contributed by atoms with van der Waals surface area (Å²) in [5, 5.41) is 14.8. The molecule has 0 aliphatic rings. The molecule has 3 heterocycles. The predicted molar refractivity (Wildman–Crippen MR) is 116 cm³/mol. The van der Waals surface area contributed by atoms with Crippen LogP contribution in [-0.4, -0.2) is 31.4 Å². The topological polar surface area (TPSA) is 72.7 Å². The molecular weight excluding hydrogens is 414 g/mol. The van der Waals surface area contributed by atoms with E-state index in [1.54, 1.807) is 23.5 Å². The van der Waals surface area contributed by atoms with E-state index in [0.29, 0.717) is 16.8 Å². The van der Waals surface area contributed by atoms with Crippen LogP contribution in [-0.2, 0) is 4.79 Å². The summed E-state index contributed by atoms with van der Waals surface area (Å²) in [6.07, 6.45) is 1.50. The fourth-order valence-corrected chi connectivity index (χ4v) is 4.45. The van der Waals surface area contributed by atoms with Gasteiger partial charge in [-0.3, -0.25) is 9.36 Å². The number of hydrogen-bond acceptors (Lipinski definition) is 6. The van der Waals surface area contributed by atoms with Crippen molar-refractivity contribution in [1.82, 2.24) is 19.7 Å². The number of amides is 1. The van der Waals surface area contributed by atoms with Crippen LogP contribution in [0.4, 0.5) is 5.82 Å². The average molecular weight is 436 g/mol. The van der Waals surface area contributed by atoms with Gasteiger partial charge in [0.05, 0.1) is 10.8 Å². The van der Waals surface area contributed by atoms with E-state index in [1.165, 1.54) is 22.8 Å². The maximum Gasteiger partial charge on any atom is 0.236 e. The average Bonchev–Trinajstić information content (AvgIpc) is 3.28. The Hall–Kier alpha value is -1.90. The molecule has 3 aromatic heterocycles. The van der Waals surface area contributed by atoms with Gasteiger partial charge in [0.1, 0.15) is 5.82 Å². The summed E-state index contributed by atoms with van der Waals surface area (Å²) in [5.41, 5.74) is 1.07. The standard InChI is InChI=1S/C19H22ClN5OS2/c1-11(2)15-7-13(9-27-15)18-23-24-19(25(18)12(3)4)28-10-17(26)22-16-6-5-14(20)8-21-16/h5-9,11-12H,10H2,1-4H3,(H,21,22,26). The molecule has 9 heteroatoms. The highest BCUT2D eigenvalue weighted by Crippen LogP contribution is 2.32. The predicted octanol–water partition coefficient (Wildman–Crippen LogP) is 5.49. The molecule has 148 valence electrons. The van der Waals surface area contributed by atoms with Crippen molar-refractivity contribution in [3.05, 3.63) is 39.7 Å². The maximum absolute atomic E-state index is 12.2. The van der Waals surface area contributed by atoms with Crippen molar-refractivity contribution in [2.24, 2.45) is 0 Å². The number of hydrogen-bond donors (Lipinski definition) is 1. The quantitative estimate of drug-likeness (QED) is 0.496. The molecule has 0 aliphatic carbocycles. The maximum atomic E-state index is 12.2. The number of halogens is 1. The Labute approximate surface area is 177 Å². The molecule has 1 amide bonds. The Morgan fingerprint density at radius 2 is 2.07 bits per heavy atom. The van der Waals surface area contributed by atoms with E-state index in [0.717, 1.165) is 16.5 Å². The van der Waals surface area contributed by atoms with Crippen LogP contribution >= 0.6 is 34.7 Å². The molecule has 0 aromatic carbocycles. The normalized spacial score (nSPS) is 11.4. The highest BCUT2D eigenvalue weighted by molar-refractivity contribution is 7.99. The number of carbonyl (C=O) groups excluding carboxylic acids is 1. The molecule has 28 heavy (non-hydrogen) atoms. The van der Waals surface area contributed by atoms with Crippen LogP contribution < -0.4 is 5.32 Å². The third kappa shape index (κ3) is 4.92. The molecule has 0 atom stereocenters. The van der Waals surface area contributed by atoms with Gasteiger partial charge in [-0.2, -0.15) is 0 Å². The van der Waals surface area contributed by atoms with Gasteiger partial charge in [0, 0.05) is 28.1 Å². The Bertz CT molecular complexity index is 950. The van der Waals surface area contributed by atoms with Gasteiger partial charge in [-0.15, -0.1) is 21.5 Å². The molecule has 3 rings (SSSR count). The lowest BCUT2D eigenvalue weighted by atomic mass is 10.1. The molecule has 6 nitrogen and oxygen atoms in total. The number of pyridine rings is 1. The fourth-order valence-electron chi connectivity index (χ4n) is 2.57. The number of nitrogens with one attached hydrogen (secondary N) is 1. The highest BCUT2D eigenvalue weighted by atomic mass is 35.5. The van der Waals surface area contributed by atoms with Crippen LogP contribution in [0.25, 0.3) is 11.4 Å². The van der Waals surface area contributed by atoms with Crippen LogP contribution in [0.15, 0.2) is 34.9 Å². The molecular formula is C19H22ClN5OS2. The summed E-state index contributed by atoms with van der Waals surface area (Å²) in [6, 6.07) is 5.70. The van der Waals surface area contributed by atoms with Crippen molar-refractivity contribution >= 4 is 46.4 Å². The molecule has 0 bridgehead atoms. The summed E-state index contributed by atoms with van der Waals surface area (Å²) in [4.78, 5) is 17.6. The molecule has 0 saturated carbocycles. The Balaban J connectivity index is 1.72. The zero-order chi connectivity index (χ0) is 20.3. The fraction of sp³-hybridized carbons (Fsp3) is 0.368. The van der Waals surface area contributed by atoms with E-state index in [4.69, 9.17) is 11.6 Å². The third-order valence-corrected chi connectivity index (χ3v) is 6.36. The van der Waals surface area contributed by atoms with Crippen LogP contribution in [0.5, 0.6) is 0 Å². The summed E-state index contributed by atoms with van der Waals surface area (Å²) < 4.78 is 2.07. The first-order valence-electron chi connectivity index (χ1n) is 8.93. The van der Waals surface area contributed by atoms with E-state index >= 15 is 0 Å². The first-order valence-corrected chi connectivity index (χ1v) is 11.2. The lowest BCUT2D eigenvalue weighted by molar-refractivity contribution is -0.113. The Kier molecular flexibility index (Phi) is 6.74. The van der Waals surface area contributed by atoms with Crippen molar-refractivity contribution in [2.75, 3.05) is 11.1 Å². The molecule has 0 unspecified atom stereocenters. The van der Waals surface area contributed by atoms with Crippen molar-refractivity contribution in [3.8, 4) is 11.4 Å². The summed E-state index contributed by atoms with van der Waals surface area (Å²) in [5.74, 6) is 1.85. The number of carbonyl (C=O) groups is 1. The molecule has 3 aromatic rings. The zero-order valence-electron chi connectivity index (χ0n) is 16.1.